The van der Waals surface area contributed by atoms with E-state index >= 15 is 0 Å². The van der Waals surface area contributed by atoms with E-state index in [1.54, 1.807) is 0 Å². The van der Waals surface area contributed by atoms with Gasteiger partial charge < -0.3 is 4.74 Å². The predicted molar refractivity (Wildman–Crippen MR) is 58.9 cm³/mol. The Morgan fingerprint density at radius 2 is 2.00 bits per heavy atom. The summed E-state index contributed by atoms with van der Waals surface area (Å²) in [5, 5.41) is 0. The molecular weight excluding hydrogens is 226 g/mol. The Morgan fingerprint density at radius 3 is 2.59 bits per heavy atom. The van der Waals surface area contributed by atoms with Crippen LogP contribution in [0.4, 0.5) is 8.78 Å². The van der Waals surface area contributed by atoms with Gasteiger partial charge in [0.05, 0.1) is 6.10 Å². The lowest BCUT2D eigenvalue weighted by atomic mass is 10.0. The molecule has 0 spiro atoms. The van der Waals surface area contributed by atoms with Crippen LogP contribution >= 0.6 is 0 Å². The molecule has 0 aliphatic carbocycles. The van der Waals surface area contributed by atoms with Crippen molar-refractivity contribution in [2.45, 2.75) is 31.8 Å². The van der Waals surface area contributed by atoms with E-state index in [-0.39, 0.29) is 23.9 Å². The van der Waals surface area contributed by atoms with Gasteiger partial charge >= 0.3 is 0 Å². The lowest BCUT2D eigenvalue weighted by molar-refractivity contribution is 0.0859. The molecule has 4 heteroatoms. The number of hydrogen-bond donors (Lipinski definition) is 0. The fraction of sp³-hybridized carbons (Fsp3) is 0.462. The van der Waals surface area contributed by atoms with Gasteiger partial charge in [0.1, 0.15) is 11.6 Å². The van der Waals surface area contributed by atoms with Crippen molar-refractivity contribution in [1.82, 2.24) is 0 Å². The minimum absolute atomic E-state index is 0.0977. The van der Waals surface area contributed by atoms with Crippen LogP contribution in [0.3, 0.4) is 0 Å². The van der Waals surface area contributed by atoms with Crippen molar-refractivity contribution >= 4 is 5.78 Å². The van der Waals surface area contributed by atoms with E-state index < -0.39 is 11.6 Å². The summed E-state index contributed by atoms with van der Waals surface area (Å²) in [6.45, 7) is 0.744. The molecule has 92 valence electrons. The zero-order valence-corrected chi connectivity index (χ0v) is 9.42. The van der Waals surface area contributed by atoms with Gasteiger partial charge in [-0.1, -0.05) is 0 Å². The third-order valence-electron chi connectivity index (χ3n) is 2.90. The first kappa shape index (κ1) is 12.2. The average molecular weight is 240 g/mol. The second-order valence-electron chi connectivity index (χ2n) is 4.26. The second kappa shape index (κ2) is 5.36. The van der Waals surface area contributed by atoms with Gasteiger partial charge in [0.2, 0.25) is 0 Å². The van der Waals surface area contributed by atoms with Crippen LogP contribution in [0.2, 0.25) is 0 Å². The molecule has 0 amide bonds. The standard InChI is InChI=1S/C13H14F2O2/c14-10-6-9(7-11(15)8-10)13(16)4-3-12-2-1-5-17-12/h6-8,12H,1-5H2. The summed E-state index contributed by atoms with van der Waals surface area (Å²) in [4.78, 5) is 11.7. The monoisotopic (exact) mass is 240 g/mol. The number of ketones is 1. The molecule has 2 nitrogen and oxygen atoms in total. The van der Waals surface area contributed by atoms with Crippen LogP contribution < -0.4 is 0 Å². The molecule has 1 aliphatic heterocycles. The largest absolute Gasteiger partial charge is 0.378 e. The molecule has 1 saturated heterocycles. The van der Waals surface area contributed by atoms with Gasteiger partial charge in [-0.05, 0) is 31.4 Å². The van der Waals surface area contributed by atoms with Gasteiger partial charge in [-0.15, -0.1) is 0 Å². The number of benzene rings is 1. The summed E-state index contributed by atoms with van der Waals surface area (Å²) in [7, 11) is 0. The van der Waals surface area contributed by atoms with Gasteiger partial charge in [0.25, 0.3) is 0 Å². The Morgan fingerprint density at radius 1 is 1.29 bits per heavy atom. The quantitative estimate of drug-likeness (QED) is 0.756. The molecule has 1 fully saturated rings. The Kier molecular flexibility index (Phi) is 3.84. The molecule has 1 aliphatic rings. The summed E-state index contributed by atoms with van der Waals surface area (Å²) >= 11 is 0. The molecule has 1 aromatic carbocycles. The third kappa shape index (κ3) is 3.33. The minimum Gasteiger partial charge on any atom is -0.378 e. The molecule has 1 aromatic rings. The first-order chi connectivity index (χ1) is 8.15. The zero-order chi connectivity index (χ0) is 12.3. The van der Waals surface area contributed by atoms with Gasteiger partial charge in [0.15, 0.2) is 5.78 Å². The topological polar surface area (TPSA) is 26.3 Å². The lowest BCUT2D eigenvalue weighted by Crippen LogP contribution is -2.09. The van der Waals surface area contributed by atoms with E-state index in [0.29, 0.717) is 6.42 Å². The molecule has 1 unspecified atom stereocenters. The Labute approximate surface area is 98.6 Å². The van der Waals surface area contributed by atoms with Crippen LogP contribution in [0.25, 0.3) is 0 Å². The summed E-state index contributed by atoms with van der Waals surface area (Å²) in [5.74, 6) is -1.67. The van der Waals surface area contributed by atoms with E-state index in [4.69, 9.17) is 4.74 Å². The highest BCUT2D eigenvalue weighted by Gasteiger charge is 2.17. The van der Waals surface area contributed by atoms with E-state index in [0.717, 1.165) is 37.6 Å². The first-order valence-electron chi connectivity index (χ1n) is 5.76. The summed E-state index contributed by atoms with van der Waals surface area (Å²) in [5.41, 5.74) is 0.0977. The number of halogens is 2. The van der Waals surface area contributed by atoms with Crippen LogP contribution in [-0.4, -0.2) is 18.5 Å². The minimum atomic E-state index is -0.717. The van der Waals surface area contributed by atoms with Crippen LogP contribution in [0.1, 0.15) is 36.0 Å². The summed E-state index contributed by atoms with van der Waals surface area (Å²) in [6.07, 6.45) is 3.00. The highest BCUT2D eigenvalue weighted by atomic mass is 19.1. The molecule has 1 heterocycles. The fourth-order valence-corrected chi connectivity index (χ4v) is 2.02. The number of carbonyl (C=O) groups is 1. The maximum absolute atomic E-state index is 12.9. The van der Waals surface area contributed by atoms with Crippen molar-refractivity contribution in [3.8, 4) is 0 Å². The smallest absolute Gasteiger partial charge is 0.163 e. The van der Waals surface area contributed by atoms with Gasteiger partial charge in [-0.3, -0.25) is 4.79 Å². The maximum Gasteiger partial charge on any atom is 0.163 e. The molecule has 0 bridgehead atoms. The molecule has 0 N–H and O–H groups in total. The fourth-order valence-electron chi connectivity index (χ4n) is 2.02. The summed E-state index contributed by atoms with van der Waals surface area (Å²) < 4.78 is 31.2. The predicted octanol–water partition coefficient (Wildman–Crippen LogP) is 3.11. The molecule has 0 saturated carbocycles. The molecule has 0 aromatic heterocycles. The van der Waals surface area contributed by atoms with Crippen molar-refractivity contribution < 1.29 is 18.3 Å². The van der Waals surface area contributed by atoms with Crippen LogP contribution in [0.5, 0.6) is 0 Å². The summed E-state index contributed by atoms with van der Waals surface area (Å²) in [6, 6.07) is 2.90. The van der Waals surface area contributed by atoms with Crippen molar-refractivity contribution in [3.63, 3.8) is 0 Å². The van der Waals surface area contributed by atoms with Crippen LogP contribution in [-0.2, 0) is 4.74 Å². The SMILES string of the molecule is O=C(CCC1CCCO1)c1cc(F)cc(F)c1. The van der Waals surface area contributed by atoms with Gasteiger partial charge in [-0.25, -0.2) is 8.78 Å². The van der Waals surface area contributed by atoms with Crippen LogP contribution in [0, 0.1) is 11.6 Å². The van der Waals surface area contributed by atoms with E-state index in [1.165, 1.54) is 0 Å². The number of hydrogen-bond acceptors (Lipinski definition) is 2. The molecule has 0 radical (unpaired) electrons. The van der Waals surface area contributed by atoms with Crippen molar-refractivity contribution in [1.29, 1.82) is 0 Å². The van der Waals surface area contributed by atoms with E-state index in [9.17, 15) is 13.6 Å². The normalized spacial score (nSPS) is 19.5. The van der Waals surface area contributed by atoms with E-state index in [1.807, 2.05) is 0 Å². The second-order valence-corrected chi connectivity index (χ2v) is 4.26. The number of Topliss-reactive ketones (excluding diaryl/α,β-unsaturated/α-hetero) is 1. The molecule has 17 heavy (non-hydrogen) atoms. The Balaban J connectivity index is 1.94. The van der Waals surface area contributed by atoms with Crippen molar-refractivity contribution in [2.75, 3.05) is 6.61 Å². The van der Waals surface area contributed by atoms with Gasteiger partial charge in [-0.2, -0.15) is 0 Å². The highest BCUT2D eigenvalue weighted by Crippen LogP contribution is 2.19. The number of rotatable bonds is 4. The average Bonchev–Trinajstić information content (AvgIpc) is 2.77. The Hall–Kier alpha value is -1.29. The number of carbonyl (C=O) groups excluding carboxylic acids is 1. The molecule has 1 atom stereocenters. The third-order valence-corrected chi connectivity index (χ3v) is 2.90. The van der Waals surface area contributed by atoms with Gasteiger partial charge in [0, 0.05) is 24.7 Å². The van der Waals surface area contributed by atoms with Crippen molar-refractivity contribution in [2.24, 2.45) is 0 Å². The molecule has 2 rings (SSSR count). The molecular formula is C13H14F2O2. The first-order valence-corrected chi connectivity index (χ1v) is 5.76. The van der Waals surface area contributed by atoms with E-state index in [2.05, 4.69) is 0 Å². The zero-order valence-electron chi connectivity index (χ0n) is 9.42. The lowest BCUT2D eigenvalue weighted by Gasteiger charge is -2.08. The Bertz CT molecular complexity index is 392. The van der Waals surface area contributed by atoms with Crippen molar-refractivity contribution in [3.05, 3.63) is 35.4 Å². The highest BCUT2D eigenvalue weighted by molar-refractivity contribution is 5.96. The number of ether oxygens (including phenoxy) is 1. The van der Waals surface area contributed by atoms with Crippen LogP contribution in [0.15, 0.2) is 18.2 Å². The maximum atomic E-state index is 12.9.